The maximum Gasteiger partial charge on any atom is 0.347 e. The highest BCUT2D eigenvalue weighted by Gasteiger charge is 2.25. The summed E-state index contributed by atoms with van der Waals surface area (Å²) < 4.78 is 69.5. The summed E-state index contributed by atoms with van der Waals surface area (Å²) in [6.45, 7) is 27.1. The molecule has 0 aliphatic rings. The van der Waals surface area contributed by atoms with Crippen LogP contribution in [0.5, 0.6) is 0 Å². The topological polar surface area (TPSA) is 291 Å². The highest BCUT2D eigenvalue weighted by molar-refractivity contribution is 7.54. The van der Waals surface area contributed by atoms with Crippen LogP contribution in [0.3, 0.4) is 0 Å². The van der Waals surface area contributed by atoms with Crippen molar-refractivity contribution in [2.75, 3.05) is 84.2 Å². The molecule has 24 heteroatoms. The van der Waals surface area contributed by atoms with Crippen LogP contribution in [0.25, 0.3) is 0 Å². The van der Waals surface area contributed by atoms with Crippen molar-refractivity contribution in [1.82, 2.24) is 15.1 Å². The third-order valence-corrected chi connectivity index (χ3v) is 11.7. The number of carboxylic acid groups (broad SMARTS) is 1. The van der Waals surface area contributed by atoms with E-state index in [1.54, 1.807) is 76.2 Å². The summed E-state index contributed by atoms with van der Waals surface area (Å²) in [7, 11) is -13.3. The second-order valence-electron chi connectivity index (χ2n) is 10.3. The van der Waals surface area contributed by atoms with Crippen LogP contribution in [-0.2, 0) is 55.3 Å². The van der Waals surface area contributed by atoms with Crippen LogP contribution in [0.4, 0.5) is 0 Å². The predicted molar refractivity (Wildman–Crippen MR) is 222 cm³/mol. The van der Waals surface area contributed by atoms with Gasteiger partial charge in [-0.15, -0.1) is 0 Å². The minimum atomic E-state index is -4.10. The Kier molecular flexibility index (Phi) is 50.1. The quantitative estimate of drug-likeness (QED) is 0.0610. The number of carbonyl (C=O) groups is 3. The smallest absolute Gasteiger partial charge is 0.347 e. The van der Waals surface area contributed by atoms with Gasteiger partial charge in [0.15, 0.2) is 0 Å². The van der Waals surface area contributed by atoms with Crippen LogP contribution in [0.1, 0.15) is 109 Å². The zero-order chi connectivity index (χ0) is 45.4. The van der Waals surface area contributed by atoms with Crippen molar-refractivity contribution in [3.63, 3.8) is 0 Å². The number of carboxylic acids is 1. The number of nitrogens with one attached hydrogen (secondary N) is 1. The van der Waals surface area contributed by atoms with Crippen molar-refractivity contribution in [3.8, 4) is 0 Å². The Balaban J connectivity index is -0.000000140. The molecule has 0 rings (SSSR count). The van der Waals surface area contributed by atoms with E-state index in [2.05, 4.69) is 9.84 Å². The van der Waals surface area contributed by atoms with E-state index in [-0.39, 0.29) is 37.5 Å². The molecule has 56 heavy (non-hydrogen) atoms. The summed E-state index contributed by atoms with van der Waals surface area (Å²) >= 11 is 0. The average molecular weight is 899 g/mol. The first-order chi connectivity index (χ1) is 25.9. The molecule has 0 saturated heterocycles. The van der Waals surface area contributed by atoms with E-state index in [1.807, 2.05) is 13.8 Å². The number of carbonyl (C=O) groups excluding carboxylic acids is 2. The monoisotopic (exact) mass is 898 g/mol. The number of aliphatic carboxylic acids is 1. The third-order valence-electron chi connectivity index (χ3n) is 5.66. The van der Waals surface area contributed by atoms with Crippen molar-refractivity contribution in [3.05, 3.63) is 0 Å². The van der Waals surface area contributed by atoms with E-state index in [4.69, 9.17) is 38.7 Å². The largest absolute Gasteiger partial charge is 0.481 e. The first kappa shape index (κ1) is 66.7. The Labute approximate surface area is 337 Å². The summed E-state index contributed by atoms with van der Waals surface area (Å²) in [6.07, 6.45) is 0.883. The fourth-order valence-corrected chi connectivity index (χ4v) is 8.07. The normalized spacial score (nSPS) is 11.8. The first-order valence-electron chi connectivity index (χ1n) is 18.9. The predicted octanol–water partition coefficient (Wildman–Crippen LogP) is 6.34. The molecule has 0 bridgehead atoms. The van der Waals surface area contributed by atoms with E-state index in [0.717, 1.165) is 18.0 Å². The fraction of sp³-hybridized carbons (Fsp3) is 0.906. The maximum atomic E-state index is 11.7. The van der Waals surface area contributed by atoms with Crippen LogP contribution < -0.4 is 11.1 Å². The molecule has 0 spiro atoms. The summed E-state index contributed by atoms with van der Waals surface area (Å²) in [5.74, 6) is -1.12. The van der Waals surface area contributed by atoms with Crippen LogP contribution >= 0.6 is 30.4 Å². The van der Waals surface area contributed by atoms with Gasteiger partial charge in [0.2, 0.25) is 11.8 Å². The van der Waals surface area contributed by atoms with Gasteiger partial charge in [-0.2, -0.15) is 0 Å². The lowest BCUT2D eigenvalue weighted by atomic mass is 10.4. The molecule has 1 unspecified atom stereocenters. The molecule has 0 aliphatic carbocycles. The second-order valence-corrected chi connectivity index (χ2v) is 18.2. The van der Waals surface area contributed by atoms with Gasteiger partial charge in [0, 0.05) is 38.5 Å². The lowest BCUT2D eigenvalue weighted by Gasteiger charge is -2.22. The van der Waals surface area contributed by atoms with E-state index < -0.39 is 42.6 Å². The van der Waals surface area contributed by atoms with E-state index in [0.29, 0.717) is 58.4 Å². The summed E-state index contributed by atoms with van der Waals surface area (Å²) in [5.41, 5.74) is 4.85. The fourth-order valence-electron chi connectivity index (χ4n) is 3.22. The third kappa shape index (κ3) is 47.3. The van der Waals surface area contributed by atoms with Crippen LogP contribution in [0.2, 0.25) is 0 Å². The molecule has 0 aliphatic heterocycles. The van der Waals surface area contributed by atoms with Gasteiger partial charge in [0.1, 0.15) is 12.6 Å². The van der Waals surface area contributed by atoms with Crippen molar-refractivity contribution in [2.24, 2.45) is 5.73 Å². The molecular formula is C32H78N4O16P4. The van der Waals surface area contributed by atoms with Gasteiger partial charge in [0.05, 0.1) is 39.3 Å². The molecule has 2 amide bonds. The van der Waals surface area contributed by atoms with Gasteiger partial charge in [0.25, 0.3) is 0 Å². The van der Waals surface area contributed by atoms with Gasteiger partial charge in [-0.1, -0.05) is 41.5 Å². The highest BCUT2D eigenvalue weighted by atomic mass is 31.2. The maximum absolute atomic E-state index is 11.7. The number of hydrogen-bond donors (Lipinski definition) is 6. The van der Waals surface area contributed by atoms with Crippen LogP contribution in [-0.4, -0.2) is 132 Å². The Hall–Kier alpha value is -1.07. The molecule has 0 radical (unpaired) electrons. The van der Waals surface area contributed by atoms with Gasteiger partial charge in [-0.05, 0) is 61.6 Å². The SMILES string of the molecule is CCC(=O)N(CC)CP(=O)(O)O.CCC(=O)O.CCN.CCNCP(=O)(OCC)OCC.CCOP(=O)(CC)OCC.CCOP(=O)(O)CN(CC)C(=O)CC. The number of nitrogens with zero attached hydrogens (tertiary/aromatic N) is 2. The van der Waals surface area contributed by atoms with Gasteiger partial charge in [-0.3, -0.25) is 32.6 Å². The first-order valence-corrected chi connectivity index (χ1v) is 25.9. The molecule has 0 aromatic heterocycles. The molecule has 0 aromatic rings. The highest BCUT2D eigenvalue weighted by Crippen LogP contribution is 2.47. The number of amides is 2. The number of nitrogens with two attached hydrogens (primary N) is 1. The van der Waals surface area contributed by atoms with Crippen molar-refractivity contribution >= 4 is 48.2 Å². The molecule has 0 fully saturated rings. The Bertz CT molecular complexity index is 1130. The van der Waals surface area contributed by atoms with Crippen LogP contribution in [0.15, 0.2) is 0 Å². The molecule has 7 N–H and O–H groups in total. The minimum absolute atomic E-state index is 0.138. The lowest BCUT2D eigenvalue weighted by Crippen LogP contribution is -2.31. The molecule has 0 heterocycles. The number of hydrogen-bond acceptors (Lipinski definition) is 14. The molecule has 0 saturated carbocycles. The zero-order valence-corrected chi connectivity index (χ0v) is 39.8. The average Bonchev–Trinajstić information content (AvgIpc) is 3.12. The molecular weight excluding hydrogens is 820 g/mol. The summed E-state index contributed by atoms with van der Waals surface area (Å²) in [5, 5.41) is 10.7. The standard InChI is InChI=1S/C8H18NO4P.C7H18NO3P.C6H14NO4P.C6H15O3P.C3H6O2.C2H7N/c1-4-8(10)9(5-2)7-14(11,12)13-6-3;1-4-8-7-12(9,10-5-2)11-6-3;1-3-6(8)7(4-2)5-12(9,10)11;1-4-8-10(7,6-3)9-5-2;1-2-3(4)5;1-2-3/h4-7H2,1-3H3,(H,11,12);8H,4-7H2,1-3H3;3-5H2,1-2H3,(H2,9,10,11);4-6H2,1-3H3;2H2,1H3,(H,4,5);2-3H2,1H3. The Morgan fingerprint density at radius 3 is 1.12 bits per heavy atom. The van der Waals surface area contributed by atoms with E-state index in [9.17, 15) is 37.5 Å². The summed E-state index contributed by atoms with van der Waals surface area (Å²) in [4.78, 5) is 60.6. The Morgan fingerprint density at radius 2 is 0.893 bits per heavy atom. The van der Waals surface area contributed by atoms with Gasteiger partial charge < -0.3 is 63.3 Å². The molecule has 342 valence electrons. The lowest BCUT2D eigenvalue weighted by molar-refractivity contribution is -0.136. The number of rotatable bonds is 23. The van der Waals surface area contributed by atoms with Crippen molar-refractivity contribution in [2.45, 2.75) is 109 Å². The van der Waals surface area contributed by atoms with Gasteiger partial charge >= 0.3 is 36.4 Å². The molecule has 0 aromatic carbocycles. The van der Waals surface area contributed by atoms with Crippen molar-refractivity contribution < 1.29 is 75.0 Å². The summed E-state index contributed by atoms with van der Waals surface area (Å²) in [6, 6.07) is 0. The Morgan fingerprint density at radius 1 is 0.571 bits per heavy atom. The molecule has 20 nitrogen and oxygen atoms in total. The zero-order valence-electron chi connectivity index (χ0n) is 36.3. The van der Waals surface area contributed by atoms with Gasteiger partial charge in [-0.25, -0.2) is 0 Å². The molecule has 1 atom stereocenters. The second kappa shape index (κ2) is 42.1. The van der Waals surface area contributed by atoms with Crippen molar-refractivity contribution in [1.29, 1.82) is 0 Å². The minimum Gasteiger partial charge on any atom is -0.481 e. The van der Waals surface area contributed by atoms with E-state index >= 15 is 0 Å². The van der Waals surface area contributed by atoms with Crippen LogP contribution in [0, 0.1) is 0 Å². The van der Waals surface area contributed by atoms with E-state index in [1.165, 1.54) is 4.90 Å².